The molecule has 2 rings (SSSR count). The minimum atomic E-state index is -0.0439. The quantitative estimate of drug-likeness (QED) is 0.861. The number of nitrogens with one attached hydrogen (secondary N) is 1. The predicted octanol–water partition coefficient (Wildman–Crippen LogP) is 2.40. The number of rotatable bonds is 2. The summed E-state index contributed by atoms with van der Waals surface area (Å²) in [5.41, 5.74) is 0.835. The fraction of sp³-hybridized carbons (Fsp3) is 0.364. The van der Waals surface area contributed by atoms with E-state index in [0.717, 1.165) is 15.8 Å². The first kappa shape index (κ1) is 13.0. The molecule has 5 nitrogen and oxygen atoms in total. The van der Waals surface area contributed by atoms with Crippen LogP contribution in [0.2, 0.25) is 5.15 Å². The molecule has 0 atom stereocenters. The molecule has 0 spiro atoms. The third-order valence-corrected chi connectivity index (χ3v) is 4.02. The maximum atomic E-state index is 12.0. The first-order valence-electron chi connectivity index (χ1n) is 5.31. The van der Waals surface area contributed by atoms with Gasteiger partial charge in [0, 0.05) is 21.1 Å². The molecule has 2 heterocycles. The van der Waals surface area contributed by atoms with E-state index in [2.05, 4.69) is 15.3 Å². The van der Waals surface area contributed by atoms with Crippen LogP contribution in [0.15, 0.2) is 0 Å². The van der Waals surface area contributed by atoms with E-state index in [0.29, 0.717) is 16.0 Å². The maximum Gasteiger partial charge on any atom is 0.263 e. The smallest absolute Gasteiger partial charge is 0.263 e. The summed E-state index contributed by atoms with van der Waals surface area (Å²) >= 11 is 7.47. The van der Waals surface area contributed by atoms with E-state index in [1.807, 2.05) is 6.92 Å². The standard InChI is InChI=1S/C11H13ClN4OS/c1-5-6-8(12)14-11(13-2)15-9(6)18-7(5)10(17)16(3)4/h1-4H3,(H,13,14,15). The molecule has 0 aliphatic carbocycles. The number of amides is 1. The van der Waals surface area contributed by atoms with Gasteiger partial charge in [0.05, 0.1) is 10.3 Å². The molecule has 18 heavy (non-hydrogen) atoms. The number of hydrogen-bond donors (Lipinski definition) is 1. The number of anilines is 1. The van der Waals surface area contributed by atoms with Gasteiger partial charge in [0.1, 0.15) is 9.98 Å². The zero-order valence-electron chi connectivity index (χ0n) is 10.5. The highest BCUT2D eigenvalue weighted by Crippen LogP contribution is 2.34. The number of aryl methyl sites for hydroxylation is 1. The van der Waals surface area contributed by atoms with Gasteiger partial charge in [-0.3, -0.25) is 4.79 Å². The van der Waals surface area contributed by atoms with Gasteiger partial charge >= 0.3 is 0 Å². The highest BCUT2D eigenvalue weighted by molar-refractivity contribution is 7.20. The number of hydrogen-bond acceptors (Lipinski definition) is 5. The molecule has 7 heteroatoms. The van der Waals surface area contributed by atoms with Gasteiger partial charge in [-0.2, -0.15) is 0 Å². The van der Waals surface area contributed by atoms with Crippen LogP contribution in [-0.2, 0) is 0 Å². The average molecular weight is 285 g/mol. The van der Waals surface area contributed by atoms with E-state index in [9.17, 15) is 4.79 Å². The number of carbonyl (C=O) groups is 1. The summed E-state index contributed by atoms with van der Waals surface area (Å²) in [5.74, 6) is 0.412. The molecular weight excluding hydrogens is 272 g/mol. The SMILES string of the molecule is CNc1nc(Cl)c2c(C)c(C(=O)N(C)C)sc2n1. The van der Waals surface area contributed by atoms with Gasteiger partial charge in [-0.15, -0.1) is 11.3 Å². The van der Waals surface area contributed by atoms with E-state index in [1.165, 1.54) is 16.2 Å². The predicted molar refractivity (Wildman–Crippen MR) is 74.7 cm³/mol. The minimum Gasteiger partial charge on any atom is -0.357 e. The van der Waals surface area contributed by atoms with Crippen molar-refractivity contribution in [2.75, 3.05) is 26.5 Å². The number of fused-ring (bicyclic) bond motifs is 1. The van der Waals surface area contributed by atoms with Crippen molar-refractivity contribution < 1.29 is 4.79 Å². The average Bonchev–Trinajstić information content (AvgIpc) is 2.65. The van der Waals surface area contributed by atoms with Gasteiger partial charge in [0.25, 0.3) is 5.91 Å². The van der Waals surface area contributed by atoms with Gasteiger partial charge in [-0.25, -0.2) is 9.97 Å². The summed E-state index contributed by atoms with van der Waals surface area (Å²) in [7, 11) is 5.17. The number of carbonyl (C=O) groups excluding carboxylic acids is 1. The summed E-state index contributed by atoms with van der Waals surface area (Å²) in [6, 6.07) is 0. The summed E-state index contributed by atoms with van der Waals surface area (Å²) in [5, 5.41) is 3.97. The van der Waals surface area contributed by atoms with Crippen molar-refractivity contribution in [1.82, 2.24) is 14.9 Å². The molecule has 2 aromatic rings. The molecule has 0 aromatic carbocycles. The van der Waals surface area contributed by atoms with Crippen molar-refractivity contribution in [2.45, 2.75) is 6.92 Å². The lowest BCUT2D eigenvalue weighted by Gasteiger charge is -2.08. The Morgan fingerprint density at radius 1 is 1.39 bits per heavy atom. The van der Waals surface area contributed by atoms with Crippen LogP contribution in [0, 0.1) is 6.92 Å². The summed E-state index contributed by atoms with van der Waals surface area (Å²) in [4.78, 5) is 23.4. The Morgan fingerprint density at radius 2 is 2.06 bits per heavy atom. The molecule has 0 fully saturated rings. The molecule has 0 radical (unpaired) electrons. The van der Waals surface area contributed by atoms with E-state index < -0.39 is 0 Å². The van der Waals surface area contributed by atoms with Crippen LogP contribution >= 0.6 is 22.9 Å². The molecule has 0 aliphatic rings. The second-order valence-electron chi connectivity index (χ2n) is 4.02. The van der Waals surface area contributed by atoms with Crippen molar-refractivity contribution in [3.8, 4) is 0 Å². The molecular formula is C11H13ClN4OS. The summed E-state index contributed by atoms with van der Waals surface area (Å²) < 4.78 is 0. The topological polar surface area (TPSA) is 58.1 Å². The van der Waals surface area contributed by atoms with Crippen molar-refractivity contribution in [3.63, 3.8) is 0 Å². The fourth-order valence-corrected chi connectivity index (χ4v) is 3.18. The molecule has 0 unspecified atom stereocenters. The first-order chi connectivity index (χ1) is 8.45. The molecule has 0 bridgehead atoms. The summed E-state index contributed by atoms with van der Waals surface area (Å²) in [6.07, 6.45) is 0. The van der Waals surface area contributed by atoms with Crippen molar-refractivity contribution in [3.05, 3.63) is 15.6 Å². The van der Waals surface area contributed by atoms with E-state index in [4.69, 9.17) is 11.6 Å². The number of nitrogens with zero attached hydrogens (tertiary/aromatic N) is 3. The highest BCUT2D eigenvalue weighted by atomic mass is 35.5. The van der Waals surface area contributed by atoms with Gasteiger partial charge in [-0.05, 0) is 12.5 Å². The zero-order chi connectivity index (χ0) is 13.4. The number of halogens is 1. The van der Waals surface area contributed by atoms with Crippen LogP contribution in [0.1, 0.15) is 15.2 Å². The first-order valence-corrected chi connectivity index (χ1v) is 6.51. The van der Waals surface area contributed by atoms with Gasteiger partial charge < -0.3 is 10.2 Å². The summed E-state index contributed by atoms with van der Waals surface area (Å²) in [6.45, 7) is 1.86. The Morgan fingerprint density at radius 3 is 2.61 bits per heavy atom. The molecule has 0 saturated heterocycles. The van der Waals surface area contributed by atoms with Crippen LogP contribution < -0.4 is 5.32 Å². The van der Waals surface area contributed by atoms with E-state index in [-0.39, 0.29) is 5.91 Å². The molecule has 0 aliphatic heterocycles. The Hall–Kier alpha value is -1.40. The van der Waals surface area contributed by atoms with Crippen LogP contribution in [0.5, 0.6) is 0 Å². The lowest BCUT2D eigenvalue weighted by Crippen LogP contribution is -2.21. The second kappa shape index (κ2) is 4.70. The monoisotopic (exact) mass is 284 g/mol. The third-order valence-electron chi connectivity index (χ3n) is 2.57. The largest absolute Gasteiger partial charge is 0.357 e. The van der Waals surface area contributed by atoms with Crippen LogP contribution in [0.3, 0.4) is 0 Å². The Bertz CT molecular complexity index is 623. The van der Waals surface area contributed by atoms with Gasteiger partial charge in [0.2, 0.25) is 5.95 Å². The fourth-order valence-electron chi connectivity index (χ4n) is 1.61. The van der Waals surface area contributed by atoms with E-state index >= 15 is 0 Å². The van der Waals surface area contributed by atoms with Crippen LogP contribution in [0.25, 0.3) is 10.2 Å². The lowest BCUT2D eigenvalue weighted by atomic mass is 10.2. The normalized spacial score (nSPS) is 10.7. The van der Waals surface area contributed by atoms with Crippen molar-refractivity contribution in [1.29, 1.82) is 0 Å². The lowest BCUT2D eigenvalue weighted by molar-refractivity contribution is 0.0831. The number of thiophene rings is 1. The van der Waals surface area contributed by atoms with Crippen LogP contribution in [0.4, 0.5) is 5.95 Å². The molecule has 1 amide bonds. The second-order valence-corrected chi connectivity index (χ2v) is 5.38. The minimum absolute atomic E-state index is 0.0439. The molecule has 2 aromatic heterocycles. The zero-order valence-corrected chi connectivity index (χ0v) is 12.1. The molecule has 0 saturated carbocycles. The Kier molecular flexibility index (Phi) is 3.41. The third kappa shape index (κ3) is 2.02. The Labute approximate surface area is 114 Å². The molecule has 1 N–H and O–H groups in total. The highest BCUT2D eigenvalue weighted by Gasteiger charge is 2.20. The van der Waals surface area contributed by atoms with Crippen molar-refractivity contribution in [2.24, 2.45) is 0 Å². The number of aromatic nitrogens is 2. The Balaban J connectivity index is 2.70. The molecule has 96 valence electrons. The van der Waals surface area contributed by atoms with E-state index in [1.54, 1.807) is 21.1 Å². The van der Waals surface area contributed by atoms with Gasteiger partial charge in [0.15, 0.2) is 0 Å². The van der Waals surface area contributed by atoms with Gasteiger partial charge in [-0.1, -0.05) is 11.6 Å². The van der Waals surface area contributed by atoms with Crippen molar-refractivity contribution >= 4 is 45.0 Å². The maximum absolute atomic E-state index is 12.0. The van der Waals surface area contributed by atoms with Crippen LogP contribution in [-0.4, -0.2) is 41.9 Å².